The van der Waals surface area contributed by atoms with Crippen LogP contribution < -0.4 is 0 Å². The molecule has 1 saturated heterocycles. The van der Waals surface area contributed by atoms with Gasteiger partial charge in [0.05, 0.1) is 9.64 Å². The summed E-state index contributed by atoms with van der Waals surface area (Å²) < 4.78 is 24.8. The molecule has 1 aromatic rings. The molecule has 23 heavy (non-hydrogen) atoms. The molecule has 0 atom stereocenters. The molecule has 1 aliphatic rings. The first kappa shape index (κ1) is 18.0. The molecule has 0 unspecified atom stereocenters. The maximum absolute atomic E-state index is 12.8. The van der Waals surface area contributed by atoms with Crippen molar-refractivity contribution in [3.05, 3.63) is 30.3 Å². The summed E-state index contributed by atoms with van der Waals surface area (Å²) in [7, 11) is -3.30. The second-order valence-corrected chi connectivity index (χ2v) is 9.55. The standard InChI is InChI=1S/C19H27NO2S/c1-4-17-11-15-20(16-12-17)14-8-13-19(2,3)23(21,22)18-9-6-5-7-10-18/h1,5-7,9-10,17H,8,11-16H2,2-3H3. The van der Waals surface area contributed by atoms with Gasteiger partial charge in [-0.3, -0.25) is 0 Å². The molecule has 0 spiro atoms. The van der Waals surface area contributed by atoms with Crippen molar-refractivity contribution < 1.29 is 8.42 Å². The monoisotopic (exact) mass is 333 g/mol. The van der Waals surface area contributed by atoms with Gasteiger partial charge in [0.25, 0.3) is 0 Å². The molecule has 126 valence electrons. The summed E-state index contributed by atoms with van der Waals surface area (Å²) >= 11 is 0. The number of rotatable bonds is 6. The number of sulfone groups is 1. The summed E-state index contributed by atoms with van der Waals surface area (Å²) in [5.41, 5.74) is 0. The van der Waals surface area contributed by atoms with Crippen LogP contribution in [0.15, 0.2) is 35.2 Å². The van der Waals surface area contributed by atoms with E-state index in [1.54, 1.807) is 24.3 Å². The molecule has 2 rings (SSSR count). The fraction of sp³-hybridized carbons (Fsp3) is 0.579. The molecule has 0 aromatic heterocycles. The van der Waals surface area contributed by atoms with E-state index < -0.39 is 14.6 Å². The average molecular weight is 333 g/mol. The van der Waals surface area contributed by atoms with Crippen molar-refractivity contribution in [2.75, 3.05) is 19.6 Å². The Hall–Kier alpha value is -1.31. The highest BCUT2D eigenvalue weighted by molar-refractivity contribution is 7.92. The molecule has 1 heterocycles. The zero-order chi connectivity index (χ0) is 16.9. The van der Waals surface area contributed by atoms with Gasteiger partial charge in [0, 0.05) is 5.92 Å². The summed E-state index contributed by atoms with van der Waals surface area (Å²) in [6.45, 7) is 6.67. The maximum Gasteiger partial charge on any atom is 0.183 e. The predicted molar refractivity (Wildman–Crippen MR) is 94.9 cm³/mol. The molecule has 0 N–H and O–H groups in total. The first-order chi connectivity index (χ1) is 10.9. The molecule has 0 radical (unpaired) electrons. The minimum absolute atomic E-state index is 0.417. The van der Waals surface area contributed by atoms with Gasteiger partial charge in [-0.2, -0.15) is 0 Å². The molecule has 4 heteroatoms. The van der Waals surface area contributed by atoms with E-state index in [9.17, 15) is 8.42 Å². The van der Waals surface area contributed by atoms with E-state index in [1.165, 1.54) is 0 Å². The molecule has 0 saturated carbocycles. The number of hydrogen-bond donors (Lipinski definition) is 0. The smallest absolute Gasteiger partial charge is 0.183 e. The Balaban J connectivity index is 1.88. The van der Waals surface area contributed by atoms with Gasteiger partial charge in [-0.15, -0.1) is 12.3 Å². The first-order valence-corrected chi connectivity index (χ1v) is 9.83. The van der Waals surface area contributed by atoms with Gasteiger partial charge in [0.1, 0.15) is 0 Å². The SMILES string of the molecule is C#CC1CCN(CCCC(C)(C)S(=O)(=O)c2ccccc2)CC1. The molecule has 1 aliphatic heterocycles. The van der Waals surface area contributed by atoms with Gasteiger partial charge in [-0.25, -0.2) is 8.42 Å². The van der Waals surface area contributed by atoms with E-state index in [0.717, 1.165) is 38.9 Å². The van der Waals surface area contributed by atoms with Crippen LogP contribution in [-0.4, -0.2) is 37.7 Å². The van der Waals surface area contributed by atoms with Crippen LogP contribution in [0.25, 0.3) is 0 Å². The Morgan fingerprint density at radius 1 is 1.22 bits per heavy atom. The molecule has 0 bridgehead atoms. The van der Waals surface area contributed by atoms with Gasteiger partial charge in [-0.1, -0.05) is 18.2 Å². The molecule has 3 nitrogen and oxygen atoms in total. The number of terminal acetylenes is 1. The van der Waals surface area contributed by atoms with Crippen LogP contribution in [0.1, 0.15) is 39.5 Å². The summed E-state index contributed by atoms with van der Waals surface area (Å²) in [6, 6.07) is 8.76. The lowest BCUT2D eigenvalue weighted by Crippen LogP contribution is -2.36. The zero-order valence-corrected chi connectivity index (χ0v) is 15.0. The van der Waals surface area contributed by atoms with Gasteiger partial charge in [0.15, 0.2) is 9.84 Å². The molecular weight excluding hydrogens is 306 g/mol. The third-order valence-corrected chi connectivity index (χ3v) is 7.41. The Kier molecular flexibility index (Phi) is 5.89. The summed E-state index contributed by atoms with van der Waals surface area (Å²) in [4.78, 5) is 2.82. The summed E-state index contributed by atoms with van der Waals surface area (Å²) in [5, 5.41) is 0. The van der Waals surface area contributed by atoms with Gasteiger partial charge >= 0.3 is 0 Å². The highest BCUT2D eigenvalue weighted by Crippen LogP contribution is 2.29. The van der Waals surface area contributed by atoms with Crippen LogP contribution in [0.2, 0.25) is 0 Å². The van der Waals surface area contributed by atoms with Gasteiger partial charge in [0.2, 0.25) is 0 Å². The van der Waals surface area contributed by atoms with Crippen LogP contribution in [-0.2, 0) is 9.84 Å². The third-order valence-electron chi connectivity index (χ3n) is 4.86. The van der Waals surface area contributed by atoms with E-state index in [0.29, 0.717) is 17.2 Å². The van der Waals surface area contributed by atoms with Crippen LogP contribution in [0.5, 0.6) is 0 Å². The van der Waals surface area contributed by atoms with E-state index in [4.69, 9.17) is 6.42 Å². The molecular formula is C19H27NO2S. The Morgan fingerprint density at radius 3 is 2.39 bits per heavy atom. The van der Waals surface area contributed by atoms with Gasteiger partial charge in [-0.05, 0) is 71.3 Å². The van der Waals surface area contributed by atoms with Crippen molar-refractivity contribution in [1.29, 1.82) is 0 Å². The second kappa shape index (κ2) is 7.51. The van der Waals surface area contributed by atoms with Crippen molar-refractivity contribution in [3.8, 4) is 12.3 Å². The van der Waals surface area contributed by atoms with Crippen LogP contribution >= 0.6 is 0 Å². The Morgan fingerprint density at radius 2 is 1.83 bits per heavy atom. The molecule has 1 aromatic carbocycles. The van der Waals surface area contributed by atoms with Crippen molar-refractivity contribution >= 4 is 9.84 Å². The van der Waals surface area contributed by atoms with Gasteiger partial charge < -0.3 is 4.90 Å². The third kappa shape index (κ3) is 4.37. The van der Waals surface area contributed by atoms with Crippen molar-refractivity contribution in [2.45, 2.75) is 49.2 Å². The van der Waals surface area contributed by atoms with Crippen LogP contribution in [0.3, 0.4) is 0 Å². The number of nitrogens with zero attached hydrogens (tertiary/aromatic N) is 1. The number of piperidine rings is 1. The van der Waals surface area contributed by atoms with E-state index in [1.807, 2.05) is 19.9 Å². The molecule has 0 amide bonds. The second-order valence-electron chi connectivity index (χ2n) is 6.96. The largest absolute Gasteiger partial charge is 0.303 e. The Bertz CT molecular complexity index is 636. The van der Waals surface area contributed by atoms with Crippen molar-refractivity contribution in [1.82, 2.24) is 4.90 Å². The lowest BCUT2D eigenvalue weighted by atomic mass is 9.97. The van der Waals surface area contributed by atoms with E-state index in [2.05, 4.69) is 10.8 Å². The lowest BCUT2D eigenvalue weighted by molar-refractivity contribution is 0.201. The highest BCUT2D eigenvalue weighted by Gasteiger charge is 2.35. The Labute approximate surface area is 141 Å². The van der Waals surface area contributed by atoms with Crippen molar-refractivity contribution in [3.63, 3.8) is 0 Å². The fourth-order valence-corrected chi connectivity index (χ4v) is 4.67. The maximum atomic E-state index is 12.8. The van der Waals surface area contributed by atoms with Crippen molar-refractivity contribution in [2.24, 2.45) is 5.92 Å². The molecule has 0 aliphatic carbocycles. The number of likely N-dealkylation sites (tertiary alicyclic amines) is 1. The predicted octanol–water partition coefficient (Wildman–Crippen LogP) is 3.36. The number of hydrogen-bond acceptors (Lipinski definition) is 3. The zero-order valence-electron chi connectivity index (χ0n) is 14.2. The van der Waals surface area contributed by atoms with Crippen LogP contribution in [0, 0.1) is 18.3 Å². The lowest BCUT2D eigenvalue weighted by Gasteiger charge is -2.31. The highest BCUT2D eigenvalue weighted by atomic mass is 32.2. The van der Waals surface area contributed by atoms with E-state index >= 15 is 0 Å². The molecule has 1 fully saturated rings. The quantitative estimate of drug-likeness (QED) is 0.749. The summed E-state index contributed by atoms with van der Waals surface area (Å²) in [6.07, 6.45) is 9.14. The number of benzene rings is 1. The average Bonchev–Trinajstić information content (AvgIpc) is 2.56. The van der Waals surface area contributed by atoms with Crippen LogP contribution in [0.4, 0.5) is 0 Å². The van der Waals surface area contributed by atoms with E-state index in [-0.39, 0.29) is 0 Å². The normalized spacial score (nSPS) is 17.8. The summed E-state index contributed by atoms with van der Waals surface area (Å²) in [5.74, 6) is 3.25. The fourth-order valence-electron chi connectivity index (χ4n) is 3.10. The minimum atomic E-state index is -3.30. The first-order valence-electron chi connectivity index (χ1n) is 8.35. The topological polar surface area (TPSA) is 37.4 Å². The minimum Gasteiger partial charge on any atom is -0.303 e.